The Bertz CT molecular complexity index is 1720. The van der Waals surface area contributed by atoms with Gasteiger partial charge in [-0.15, -0.1) is 0 Å². The topological polar surface area (TPSA) is 66.2 Å². The number of carbonyl (C=O) groups is 1. The average molecular weight is 603 g/mol. The summed E-state index contributed by atoms with van der Waals surface area (Å²) in [4.78, 5) is 30.6. The third-order valence-corrected chi connectivity index (χ3v) is 9.77. The van der Waals surface area contributed by atoms with Crippen molar-refractivity contribution in [3.63, 3.8) is 0 Å². The summed E-state index contributed by atoms with van der Waals surface area (Å²) < 4.78 is 51.3. The molecule has 4 atom stereocenters. The second-order valence-electron chi connectivity index (χ2n) is 12.4. The zero-order valence-corrected chi connectivity index (χ0v) is 24.5. The van der Waals surface area contributed by atoms with Gasteiger partial charge >= 0.3 is 6.01 Å². The number of halogens is 3. The van der Waals surface area contributed by atoms with Crippen LogP contribution in [0.3, 0.4) is 0 Å². The lowest BCUT2D eigenvalue weighted by Crippen LogP contribution is -2.56. The summed E-state index contributed by atoms with van der Waals surface area (Å²) in [5.41, 5.74) is 2.70. The smallest absolute Gasteiger partial charge is 0.319 e. The van der Waals surface area contributed by atoms with E-state index >= 15 is 4.39 Å². The van der Waals surface area contributed by atoms with Crippen LogP contribution in [0.25, 0.3) is 26.9 Å². The van der Waals surface area contributed by atoms with E-state index in [0.29, 0.717) is 40.4 Å². The van der Waals surface area contributed by atoms with Gasteiger partial charge in [-0.3, -0.25) is 4.79 Å². The van der Waals surface area contributed by atoms with E-state index in [1.807, 2.05) is 11.9 Å². The maximum absolute atomic E-state index is 16.6. The first-order valence-electron chi connectivity index (χ1n) is 15.1. The Labute approximate surface area is 253 Å². The molecule has 7 rings (SSSR count). The molecule has 8 nitrogen and oxygen atoms in total. The summed E-state index contributed by atoms with van der Waals surface area (Å²) in [5, 5.41) is 0.453. The Kier molecular flexibility index (Phi) is 7.20. The number of likely N-dealkylation sites (tertiary alicyclic amines) is 1. The number of hydrogen-bond donors (Lipinski definition) is 0. The summed E-state index contributed by atoms with van der Waals surface area (Å²) in [7, 11) is 2.04. The number of anilines is 1. The highest BCUT2D eigenvalue weighted by molar-refractivity contribution is 5.94. The molecule has 0 unspecified atom stereocenters. The summed E-state index contributed by atoms with van der Waals surface area (Å²) in [5.74, 6) is -1.61. The van der Waals surface area contributed by atoms with Gasteiger partial charge in [-0.05, 0) is 79.9 Å². The zero-order valence-electron chi connectivity index (χ0n) is 24.5. The molecule has 3 aromatic rings. The molecule has 1 aromatic heterocycles. The minimum absolute atomic E-state index is 0.0341. The molecule has 11 heteroatoms. The predicted molar refractivity (Wildman–Crippen MR) is 160 cm³/mol. The Morgan fingerprint density at radius 2 is 1.95 bits per heavy atom. The second kappa shape index (κ2) is 11.1. The molecule has 0 spiro atoms. The fourth-order valence-corrected chi connectivity index (χ4v) is 7.33. The van der Waals surface area contributed by atoms with Crippen LogP contribution >= 0.6 is 0 Å². The van der Waals surface area contributed by atoms with E-state index in [1.54, 1.807) is 18.2 Å². The number of nitrogens with zero attached hydrogens (tertiary/aromatic N) is 6. The Balaban J connectivity index is 1.30. The van der Waals surface area contributed by atoms with Crippen molar-refractivity contribution < 1.29 is 22.7 Å². The number of fused-ring (bicyclic) bond motifs is 4. The van der Waals surface area contributed by atoms with Gasteiger partial charge in [0.25, 0.3) is 5.91 Å². The molecule has 4 aliphatic rings. The number of rotatable bonds is 7. The number of carbonyl (C=O) groups excluding carboxylic acids is 1. The summed E-state index contributed by atoms with van der Waals surface area (Å²) >= 11 is 0. The van der Waals surface area contributed by atoms with Crippen LogP contribution in [0, 0.1) is 24.1 Å². The number of amides is 1. The molecule has 3 fully saturated rings. The van der Waals surface area contributed by atoms with Gasteiger partial charge in [-0.1, -0.05) is 18.7 Å². The lowest BCUT2D eigenvalue weighted by Gasteiger charge is -2.39. The molecule has 228 valence electrons. The van der Waals surface area contributed by atoms with Crippen LogP contribution in [0.1, 0.15) is 36.3 Å². The predicted octanol–water partition coefficient (Wildman–Crippen LogP) is 5.13. The molecule has 2 saturated heterocycles. The quantitative estimate of drug-likeness (QED) is 0.276. The largest absolute Gasteiger partial charge is 0.462 e. The number of hydrogen-bond acceptors (Lipinski definition) is 6. The van der Waals surface area contributed by atoms with Crippen LogP contribution in [-0.2, 0) is 11.2 Å². The minimum atomic E-state index is -1.08. The third kappa shape index (κ3) is 4.85. The van der Waals surface area contributed by atoms with Crippen molar-refractivity contribution >= 4 is 22.6 Å². The maximum Gasteiger partial charge on any atom is 0.319 e. The Hall–Kier alpha value is -4.17. The normalized spacial score (nSPS) is 24.2. The highest BCUT2D eigenvalue weighted by atomic mass is 19.1. The molecule has 0 N–H and O–H groups in total. The standard InChI is InChI=1S/C33H33F3N6O2/c1-18(34)32(43)42-12-11-41(16-21(42)15-37-2)31-24-7-6-23(22-8-9-27(35)28-25-13-19(25)14-26(22)28)29(36)30(24)38-33(39-31)44-17-20-5-4-10-40(20)3/h6-9,19-21,25H,1,4-5,10-17H2,3H3/t19-,20-,21-,25-/m0/s1. The number of piperazine rings is 1. The van der Waals surface area contributed by atoms with Gasteiger partial charge < -0.3 is 24.3 Å². The van der Waals surface area contributed by atoms with E-state index in [4.69, 9.17) is 16.3 Å². The summed E-state index contributed by atoms with van der Waals surface area (Å²) in [6.45, 7) is 12.4. The van der Waals surface area contributed by atoms with Crippen molar-refractivity contribution in [2.75, 3.05) is 51.3 Å². The van der Waals surface area contributed by atoms with Crippen LogP contribution in [0.4, 0.5) is 19.0 Å². The lowest BCUT2D eigenvalue weighted by atomic mass is 9.93. The third-order valence-electron chi connectivity index (χ3n) is 9.77. The molecular formula is C33H33F3N6O2. The minimum Gasteiger partial charge on any atom is -0.462 e. The molecular weight excluding hydrogens is 569 g/mol. The molecule has 0 bridgehead atoms. The number of ether oxygens (including phenoxy) is 1. The van der Waals surface area contributed by atoms with E-state index < -0.39 is 23.6 Å². The van der Waals surface area contributed by atoms with Crippen molar-refractivity contribution in [3.8, 4) is 17.1 Å². The molecule has 1 amide bonds. The van der Waals surface area contributed by atoms with Crippen molar-refractivity contribution in [1.29, 1.82) is 0 Å². The SMILES string of the molecule is [C-]#[N+]C[C@H]1CN(c2nc(OC[C@@H]3CCCN3C)nc3c(F)c(-c4ccc(F)c5c4C[C@@H]4C[C@H]54)ccc23)CCN1C(=O)C(=C)F. The first-order valence-corrected chi connectivity index (χ1v) is 15.1. The molecule has 44 heavy (non-hydrogen) atoms. The van der Waals surface area contributed by atoms with Gasteiger partial charge in [-0.2, -0.15) is 9.97 Å². The molecule has 1 saturated carbocycles. The first kappa shape index (κ1) is 28.6. The van der Waals surface area contributed by atoms with Gasteiger partial charge in [0.2, 0.25) is 6.54 Å². The second-order valence-corrected chi connectivity index (χ2v) is 12.4. The van der Waals surface area contributed by atoms with Gasteiger partial charge in [0, 0.05) is 36.6 Å². The van der Waals surface area contributed by atoms with Crippen molar-refractivity contribution in [3.05, 3.63) is 70.8 Å². The van der Waals surface area contributed by atoms with Crippen LogP contribution in [0.2, 0.25) is 0 Å². The van der Waals surface area contributed by atoms with Crippen molar-refractivity contribution in [2.45, 2.75) is 43.7 Å². The highest BCUT2D eigenvalue weighted by Gasteiger charge is 2.47. The van der Waals surface area contributed by atoms with E-state index in [0.717, 1.165) is 37.8 Å². The van der Waals surface area contributed by atoms with E-state index in [2.05, 4.69) is 21.3 Å². The van der Waals surface area contributed by atoms with Crippen LogP contribution in [0.5, 0.6) is 6.01 Å². The molecule has 2 aliphatic heterocycles. The van der Waals surface area contributed by atoms with Gasteiger partial charge in [0.15, 0.2) is 11.6 Å². The number of benzene rings is 2. The summed E-state index contributed by atoms with van der Waals surface area (Å²) in [6, 6.07) is 6.16. The lowest BCUT2D eigenvalue weighted by molar-refractivity contribution is -0.131. The Morgan fingerprint density at radius 3 is 2.70 bits per heavy atom. The van der Waals surface area contributed by atoms with E-state index in [1.165, 1.54) is 11.0 Å². The van der Waals surface area contributed by atoms with E-state index in [9.17, 15) is 13.6 Å². The highest BCUT2D eigenvalue weighted by Crippen LogP contribution is 2.58. The zero-order chi connectivity index (χ0) is 30.7. The van der Waals surface area contributed by atoms with Crippen molar-refractivity contribution in [1.82, 2.24) is 19.8 Å². The van der Waals surface area contributed by atoms with Crippen LogP contribution < -0.4 is 9.64 Å². The van der Waals surface area contributed by atoms with Gasteiger partial charge in [0.1, 0.15) is 29.8 Å². The molecule has 2 aromatic carbocycles. The number of aromatic nitrogens is 2. The molecule has 0 radical (unpaired) electrons. The van der Waals surface area contributed by atoms with E-state index in [-0.39, 0.29) is 55.5 Å². The van der Waals surface area contributed by atoms with Crippen LogP contribution in [-0.4, -0.2) is 84.1 Å². The maximum atomic E-state index is 16.6. The number of likely N-dealkylation sites (N-methyl/N-ethyl adjacent to an activating group) is 1. The van der Waals surface area contributed by atoms with Gasteiger partial charge in [0.05, 0.1) is 0 Å². The first-order chi connectivity index (χ1) is 21.2. The fraction of sp³-hybridized carbons (Fsp3) is 0.455. The Morgan fingerprint density at radius 1 is 1.14 bits per heavy atom. The van der Waals surface area contributed by atoms with Crippen molar-refractivity contribution in [2.24, 2.45) is 5.92 Å². The average Bonchev–Trinajstić information content (AvgIpc) is 3.47. The molecule has 3 heterocycles. The monoisotopic (exact) mass is 602 g/mol. The molecule has 2 aliphatic carbocycles. The fourth-order valence-electron chi connectivity index (χ4n) is 7.33. The summed E-state index contributed by atoms with van der Waals surface area (Å²) in [6.07, 6.45) is 3.75. The van der Waals surface area contributed by atoms with Crippen LogP contribution in [0.15, 0.2) is 36.7 Å². The van der Waals surface area contributed by atoms with Gasteiger partial charge in [-0.25, -0.2) is 19.7 Å².